The van der Waals surface area contributed by atoms with Crippen LogP contribution in [0, 0.1) is 17.8 Å². The number of unbranched alkanes of at least 4 members (excludes halogenated alkanes) is 4. The van der Waals surface area contributed by atoms with Gasteiger partial charge in [0.05, 0.1) is 0 Å². The van der Waals surface area contributed by atoms with Crippen molar-refractivity contribution in [1.29, 1.82) is 0 Å². The molecular formula is C26H43N. The van der Waals surface area contributed by atoms with Crippen LogP contribution in [0.25, 0.3) is 0 Å². The molecule has 0 bridgehead atoms. The van der Waals surface area contributed by atoms with E-state index in [1.807, 2.05) is 0 Å². The van der Waals surface area contributed by atoms with E-state index in [1.165, 1.54) is 108 Å². The Morgan fingerprint density at radius 2 is 1.44 bits per heavy atom. The molecule has 0 aliphatic heterocycles. The normalized spacial score (nSPS) is 29.0. The molecule has 1 nitrogen and oxygen atoms in total. The first-order valence-corrected chi connectivity index (χ1v) is 12.2. The minimum absolute atomic E-state index is 0.729. The minimum atomic E-state index is 0.729. The molecule has 0 spiro atoms. The van der Waals surface area contributed by atoms with E-state index >= 15 is 0 Å². The number of hydrogen-bond acceptors (Lipinski definition) is 1. The van der Waals surface area contributed by atoms with Crippen molar-refractivity contribution < 1.29 is 0 Å². The summed E-state index contributed by atoms with van der Waals surface area (Å²) in [5, 5.41) is 0. The molecule has 1 aromatic heterocycles. The SMILES string of the molecule is CCCCCCCc1ccc(C2CCC([C@H]3CC[C@H](CC)CC3)CC2)nc1. The summed E-state index contributed by atoms with van der Waals surface area (Å²) in [6.45, 7) is 4.66. The molecule has 0 N–H and O–H groups in total. The maximum Gasteiger partial charge on any atom is 0.0434 e. The van der Waals surface area contributed by atoms with Crippen LogP contribution >= 0.6 is 0 Å². The van der Waals surface area contributed by atoms with E-state index in [9.17, 15) is 0 Å². The molecule has 1 heterocycles. The topological polar surface area (TPSA) is 12.9 Å². The maximum absolute atomic E-state index is 4.88. The van der Waals surface area contributed by atoms with Gasteiger partial charge in [-0.3, -0.25) is 4.98 Å². The standard InChI is InChI=1S/C26H43N/c1-3-5-6-7-8-9-22-12-19-26(27-20-22)25-17-15-24(16-18-25)23-13-10-21(4-2)11-14-23/h12,19-21,23-25H,3-11,13-18H2,1-2H3/t21-,23-,24?,25?. The molecule has 0 unspecified atom stereocenters. The van der Waals surface area contributed by atoms with E-state index in [0.717, 1.165) is 23.7 Å². The molecule has 3 rings (SSSR count). The third kappa shape index (κ3) is 6.33. The van der Waals surface area contributed by atoms with Crippen LogP contribution in [0.1, 0.15) is 121 Å². The van der Waals surface area contributed by atoms with Crippen LogP contribution in [0.3, 0.4) is 0 Å². The average Bonchev–Trinajstić information content (AvgIpc) is 2.74. The van der Waals surface area contributed by atoms with Gasteiger partial charge in [-0.1, -0.05) is 64.9 Å². The summed E-state index contributed by atoms with van der Waals surface area (Å²) in [5.74, 6) is 3.82. The lowest BCUT2D eigenvalue weighted by molar-refractivity contribution is 0.158. The lowest BCUT2D eigenvalue weighted by Gasteiger charge is -2.37. The fourth-order valence-electron chi connectivity index (χ4n) is 5.71. The van der Waals surface area contributed by atoms with Gasteiger partial charge in [-0.05, 0) is 80.8 Å². The third-order valence-electron chi connectivity index (χ3n) is 7.74. The lowest BCUT2D eigenvalue weighted by atomic mass is 9.68. The van der Waals surface area contributed by atoms with Gasteiger partial charge in [0.1, 0.15) is 0 Å². The first-order chi connectivity index (χ1) is 13.3. The van der Waals surface area contributed by atoms with Crippen molar-refractivity contribution in [2.75, 3.05) is 0 Å². The van der Waals surface area contributed by atoms with E-state index in [0.29, 0.717) is 0 Å². The quantitative estimate of drug-likeness (QED) is 0.401. The van der Waals surface area contributed by atoms with Crippen LogP contribution in [-0.2, 0) is 6.42 Å². The van der Waals surface area contributed by atoms with Crippen molar-refractivity contribution in [3.05, 3.63) is 29.6 Å². The first-order valence-electron chi connectivity index (χ1n) is 12.2. The Bertz CT molecular complexity index is 504. The van der Waals surface area contributed by atoms with Gasteiger partial charge < -0.3 is 0 Å². The monoisotopic (exact) mass is 369 g/mol. The molecule has 1 heteroatoms. The molecule has 2 fully saturated rings. The van der Waals surface area contributed by atoms with Crippen LogP contribution in [-0.4, -0.2) is 4.98 Å². The second-order valence-electron chi connectivity index (χ2n) is 9.56. The van der Waals surface area contributed by atoms with E-state index in [2.05, 4.69) is 32.2 Å². The summed E-state index contributed by atoms with van der Waals surface area (Å²) < 4.78 is 0. The summed E-state index contributed by atoms with van der Waals surface area (Å²) in [6.07, 6.45) is 23.3. The predicted octanol–water partition coefficient (Wildman–Crippen LogP) is 8.08. The summed E-state index contributed by atoms with van der Waals surface area (Å²) >= 11 is 0. The number of hydrogen-bond donors (Lipinski definition) is 0. The molecule has 0 amide bonds. The van der Waals surface area contributed by atoms with Gasteiger partial charge in [0.15, 0.2) is 0 Å². The van der Waals surface area contributed by atoms with E-state index in [1.54, 1.807) is 0 Å². The summed E-state index contributed by atoms with van der Waals surface area (Å²) in [7, 11) is 0. The highest BCUT2D eigenvalue weighted by atomic mass is 14.7. The molecule has 0 atom stereocenters. The van der Waals surface area contributed by atoms with E-state index in [4.69, 9.17) is 4.98 Å². The van der Waals surface area contributed by atoms with Crippen LogP contribution in [0.4, 0.5) is 0 Å². The van der Waals surface area contributed by atoms with Crippen molar-refractivity contribution in [3.63, 3.8) is 0 Å². The molecular weight excluding hydrogens is 326 g/mol. The van der Waals surface area contributed by atoms with Crippen molar-refractivity contribution in [3.8, 4) is 0 Å². The molecule has 2 aliphatic rings. The van der Waals surface area contributed by atoms with Gasteiger partial charge in [0, 0.05) is 17.8 Å². The molecule has 2 aliphatic carbocycles. The predicted molar refractivity (Wildman–Crippen MR) is 117 cm³/mol. The second-order valence-corrected chi connectivity index (χ2v) is 9.56. The Morgan fingerprint density at radius 1 is 0.778 bits per heavy atom. The zero-order chi connectivity index (χ0) is 18.9. The number of nitrogens with zero attached hydrogens (tertiary/aromatic N) is 1. The van der Waals surface area contributed by atoms with Gasteiger partial charge in [-0.25, -0.2) is 0 Å². The van der Waals surface area contributed by atoms with Gasteiger partial charge in [0.25, 0.3) is 0 Å². The average molecular weight is 370 g/mol. The smallest absolute Gasteiger partial charge is 0.0434 e. The van der Waals surface area contributed by atoms with Gasteiger partial charge in [-0.2, -0.15) is 0 Å². The van der Waals surface area contributed by atoms with E-state index in [-0.39, 0.29) is 0 Å². The molecule has 1 aromatic rings. The highest BCUT2D eigenvalue weighted by Gasteiger charge is 2.31. The minimum Gasteiger partial charge on any atom is -0.261 e. The Labute approximate surface area is 168 Å². The molecule has 27 heavy (non-hydrogen) atoms. The first kappa shape index (κ1) is 20.9. The van der Waals surface area contributed by atoms with Gasteiger partial charge >= 0.3 is 0 Å². The van der Waals surface area contributed by atoms with Crippen LogP contribution in [0.15, 0.2) is 18.3 Å². The lowest BCUT2D eigenvalue weighted by Crippen LogP contribution is -2.25. The fraction of sp³-hybridized carbons (Fsp3) is 0.808. The number of rotatable bonds is 9. The fourth-order valence-corrected chi connectivity index (χ4v) is 5.71. The third-order valence-corrected chi connectivity index (χ3v) is 7.74. The highest BCUT2D eigenvalue weighted by Crippen LogP contribution is 2.43. The Balaban J connectivity index is 1.39. The Hall–Kier alpha value is -0.850. The van der Waals surface area contributed by atoms with Crippen LogP contribution in [0.5, 0.6) is 0 Å². The summed E-state index contributed by atoms with van der Waals surface area (Å²) in [6, 6.07) is 4.71. The Morgan fingerprint density at radius 3 is 2.04 bits per heavy atom. The van der Waals surface area contributed by atoms with Crippen molar-refractivity contribution >= 4 is 0 Å². The van der Waals surface area contributed by atoms with Crippen molar-refractivity contribution in [2.45, 2.75) is 116 Å². The van der Waals surface area contributed by atoms with Gasteiger partial charge in [-0.15, -0.1) is 0 Å². The number of aryl methyl sites for hydroxylation is 1. The summed E-state index contributed by atoms with van der Waals surface area (Å²) in [4.78, 5) is 4.88. The van der Waals surface area contributed by atoms with Gasteiger partial charge in [0.2, 0.25) is 0 Å². The zero-order valence-electron chi connectivity index (χ0n) is 18.1. The van der Waals surface area contributed by atoms with Crippen molar-refractivity contribution in [1.82, 2.24) is 4.98 Å². The molecule has 0 saturated heterocycles. The Kier molecular flexibility index (Phi) is 8.68. The number of pyridine rings is 1. The summed E-state index contributed by atoms with van der Waals surface area (Å²) in [5.41, 5.74) is 2.81. The van der Waals surface area contributed by atoms with Crippen LogP contribution in [0.2, 0.25) is 0 Å². The largest absolute Gasteiger partial charge is 0.261 e. The van der Waals surface area contributed by atoms with Crippen molar-refractivity contribution in [2.24, 2.45) is 17.8 Å². The molecule has 0 aromatic carbocycles. The van der Waals surface area contributed by atoms with Crippen LogP contribution < -0.4 is 0 Å². The second kappa shape index (κ2) is 11.2. The molecule has 0 radical (unpaired) electrons. The molecule has 152 valence electrons. The number of aromatic nitrogens is 1. The maximum atomic E-state index is 4.88. The highest BCUT2D eigenvalue weighted by molar-refractivity contribution is 5.17. The van der Waals surface area contributed by atoms with E-state index < -0.39 is 0 Å². The zero-order valence-corrected chi connectivity index (χ0v) is 18.1. The molecule has 2 saturated carbocycles.